The molecule has 3 aliphatic rings. The van der Waals surface area contributed by atoms with Crippen LogP contribution in [0, 0.1) is 23.7 Å². The Balaban J connectivity index is 1.46. The van der Waals surface area contributed by atoms with Gasteiger partial charge >= 0.3 is 11.9 Å². The number of esters is 2. The van der Waals surface area contributed by atoms with Gasteiger partial charge in [-0.05, 0) is 44.1 Å². The average molecular weight is 1010 g/mol. The zero-order valence-corrected chi connectivity index (χ0v) is 44.6. The van der Waals surface area contributed by atoms with Crippen molar-refractivity contribution in [1.82, 2.24) is 0 Å². The fourth-order valence-corrected chi connectivity index (χ4v) is 10.0. The molecule has 0 radical (unpaired) electrons. The molecule has 3 heterocycles. The maximum atomic E-state index is 14.1. The summed E-state index contributed by atoms with van der Waals surface area (Å²) < 4.78 is 43.1. The van der Waals surface area contributed by atoms with Crippen LogP contribution in [0.15, 0.2) is 30.3 Å². The maximum Gasteiger partial charge on any atom is 0.311 e. The number of unbranched alkanes of at least 4 members (excludes halogenated alkanes) is 18. The first-order valence-corrected chi connectivity index (χ1v) is 28.2. The van der Waals surface area contributed by atoms with E-state index in [2.05, 4.69) is 27.7 Å². The zero-order chi connectivity index (χ0) is 51.5. The van der Waals surface area contributed by atoms with Crippen LogP contribution in [0.5, 0.6) is 0 Å². The number of hydrogen-bond acceptors (Lipinski definition) is 14. The molecule has 4 rings (SSSR count). The summed E-state index contributed by atoms with van der Waals surface area (Å²) in [6.45, 7) is 11.6. The number of fused-ring (bicyclic) bond motifs is 4. The molecular formula is C57H98O14. The largest absolute Gasteiger partial charge is 0.463 e. The van der Waals surface area contributed by atoms with Gasteiger partial charge in [0.25, 0.3) is 0 Å². The Kier molecular flexibility index (Phi) is 29.7. The van der Waals surface area contributed by atoms with Gasteiger partial charge in [-0.15, -0.1) is 0 Å². The van der Waals surface area contributed by atoms with Crippen LogP contribution in [0.4, 0.5) is 0 Å². The fourth-order valence-electron chi connectivity index (χ4n) is 10.0. The second kappa shape index (κ2) is 34.4. The van der Waals surface area contributed by atoms with Crippen LogP contribution in [0.25, 0.3) is 0 Å². The van der Waals surface area contributed by atoms with Crippen LogP contribution in [0.2, 0.25) is 0 Å². The number of cyclic esters (lactones) is 2. The number of benzene rings is 1. The van der Waals surface area contributed by atoms with E-state index in [0.29, 0.717) is 25.7 Å². The molecule has 14 atom stereocenters. The summed E-state index contributed by atoms with van der Waals surface area (Å²) in [5.41, 5.74) is 0.822. The number of rotatable bonds is 29. The number of carbonyl (C=O) groups is 2. The topological polar surface area (TPSA) is 200 Å². The van der Waals surface area contributed by atoms with E-state index in [9.17, 15) is 35.1 Å². The van der Waals surface area contributed by atoms with Crippen molar-refractivity contribution in [2.24, 2.45) is 23.7 Å². The van der Waals surface area contributed by atoms with Crippen LogP contribution in [0.3, 0.4) is 0 Å². The van der Waals surface area contributed by atoms with Crippen molar-refractivity contribution in [3.63, 3.8) is 0 Å². The first-order chi connectivity index (χ1) is 34.2. The molecule has 1 aromatic carbocycles. The van der Waals surface area contributed by atoms with Crippen molar-refractivity contribution in [1.29, 1.82) is 0 Å². The summed E-state index contributed by atoms with van der Waals surface area (Å²) in [7, 11) is 0. The summed E-state index contributed by atoms with van der Waals surface area (Å²) in [5.74, 6) is -1.62. The number of aliphatic hydroxyl groups is 5. The first kappa shape index (κ1) is 61.3. The van der Waals surface area contributed by atoms with E-state index in [1.165, 1.54) is 77.0 Å². The van der Waals surface area contributed by atoms with Gasteiger partial charge in [0, 0.05) is 0 Å². The smallest absolute Gasteiger partial charge is 0.311 e. The van der Waals surface area contributed by atoms with Gasteiger partial charge in [0.15, 0.2) is 12.6 Å². The summed E-state index contributed by atoms with van der Waals surface area (Å²) in [5, 5.41) is 56.4. The highest BCUT2D eigenvalue weighted by molar-refractivity contribution is 5.73. The number of hydrogen-bond donors (Lipinski definition) is 5. The van der Waals surface area contributed by atoms with E-state index in [1.807, 2.05) is 30.3 Å². The Morgan fingerprint density at radius 3 is 1.30 bits per heavy atom. The minimum atomic E-state index is -1.69. The molecule has 14 nitrogen and oxygen atoms in total. The van der Waals surface area contributed by atoms with Gasteiger partial charge in [-0.2, -0.15) is 0 Å². The van der Waals surface area contributed by atoms with Crippen LogP contribution in [0.1, 0.15) is 201 Å². The van der Waals surface area contributed by atoms with Crippen molar-refractivity contribution >= 4 is 11.9 Å². The second-order valence-electron chi connectivity index (χ2n) is 22.0. The molecule has 0 amide bonds. The summed E-state index contributed by atoms with van der Waals surface area (Å²) in [6, 6.07) is 9.35. The Morgan fingerprint density at radius 1 is 0.479 bits per heavy atom. The molecule has 0 spiro atoms. The molecule has 71 heavy (non-hydrogen) atoms. The van der Waals surface area contributed by atoms with E-state index < -0.39 is 104 Å². The third kappa shape index (κ3) is 22.2. The van der Waals surface area contributed by atoms with E-state index in [-0.39, 0.29) is 13.2 Å². The molecule has 0 aromatic heterocycles. The SMILES string of the molecule is CC(C)CCCCCCCCCCCC[C@@H]1O[C@@H]2O[C@H](COC(=O)[C@H](C)[C@@H](CCCCCCCCCCCCC(C)C)O[C@@H]3O[C@H](COC(=O)[C@@H]1C)[C@@H](OCc1ccccc1)[C@H](O)[C@H]3O)[C@@H](O)[C@H](O)[C@H]2O. The Labute approximate surface area is 427 Å². The van der Waals surface area contributed by atoms with Crippen LogP contribution in [-0.2, 0) is 49.4 Å². The number of carbonyl (C=O) groups excluding carboxylic acids is 2. The summed E-state index contributed by atoms with van der Waals surface area (Å²) in [6.07, 6.45) is 9.62. The Hall–Kier alpha value is -2.24. The zero-order valence-electron chi connectivity index (χ0n) is 44.6. The standard InChI is InChI=1S/C57H98O14/c1-39(2)30-24-19-15-11-7-9-13-17-21-28-34-44-42(6)55(64)67-38-47-53(65-36-43-32-26-23-27-33-43)50(60)52(62)57(71-47)69-45(35-29-22-18-14-10-8-12-16-20-25-31-40(3)4)41(5)54(63)66-37-46-48(58)49(59)51(61)56(68-44)70-46/h23,26-27,32-33,39-42,44-53,56-62H,7-22,24-25,28-31,34-38H2,1-6H3/t41-,42-,44+,45-,46-,47-,48-,49+,50-,51-,52-,53-,56-,57-/m1/s1. The lowest BCUT2D eigenvalue weighted by Gasteiger charge is -2.44. The third-order valence-electron chi connectivity index (χ3n) is 14.9. The van der Waals surface area contributed by atoms with Crippen LogP contribution in [-0.4, -0.2) is 124 Å². The molecule has 14 heteroatoms. The normalized spacial score (nSPS) is 31.3. The number of ether oxygens (including phenoxy) is 7. The van der Waals surface area contributed by atoms with Crippen molar-refractivity contribution in [2.75, 3.05) is 13.2 Å². The van der Waals surface area contributed by atoms with E-state index in [0.717, 1.165) is 68.8 Å². The molecule has 0 unspecified atom stereocenters. The van der Waals surface area contributed by atoms with Crippen LogP contribution < -0.4 is 0 Å². The Morgan fingerprint density at radius 2 is 0.859 bits per heavy atom. The van der Waals surface area contributed by atoms with Gasteiger partial charge < -0.3 is 58.7 Å². The molecule has 0 saturated carbocycles. The predicted molar refractivity (Wildman–Crippen MR) is 273 cm³/mol. The highest BCUT2D eigenvalue weighted by atomic mass is 16.7. The molecule has 3 fully saturated rings. The van der Waals surface area contributed by atoms with Crippen molar-refractivity contribution < 1.29 is 68.3 Å². The highest BCUT2D eigenvalue weighted by Crippen LogP contribution is 2.32. The van der Waals surface area contributed by atoms with Gasteiger partial charge in [-0.25, -0.2) is 0 Å². The predicted octanol–water partition coefficient (Wildman–Crippen LogP) is 9.64. The lowest BCUT2D eigenvalue weighted by Crippen LogP contribution is -2.61. The summed E-state index contributed by atoms with van der Waals surface area (Å²) in [4.78, 5) is 27.9. The molecule has 3 aliphatic heterocycles. The van der Waals surface area contributed by atoms with Gasteiger partial charge in [0.2, 0.25) is 0 Å². The van der Waals surface area contributed by atoms with Gasteiger partial charge in [-0.3, -0.25) is 9.59 Å². The first-order valence-electron chi connectivity index (χ1n) is 28.2. The average Bonchev–Trinajstić information content (AvgIpc) is 3.35. The fraction of sp³-hybridized carbons (Fsp3) is 0.860. The van der Waals surface area contributed by atoms with Crippen LogP contribution >= 0.6 is 0 Å². The third-order valence-corrected chi connectivity index (χ3v) is 14.9. The van der Waals surface area contributed by atoms with Crippen molar-refractivity contribution in [2.45, 2.75) is 276 Å². The van der Waals surface area contributed by atoms with Crippen molar-refractivity contribution in [3.8, 4) is 0 Å². The minimum Gasteiger partial charge on any atom is -0.463 e. The molecular weight excluding hydrogens is 909 g/mol. The van der Waals surface area contributed by atoms with E-state index in [1.54, 1.807) is 13.8 Å². The lowest BCUT2D eigenvalue weighted by atomic mass is 9.95. The minimum absolute atomic E-state index is 0.0778. The second-order valence-corrected chi connectivity index (χ2v) is 22.0. The van der Waals surface area contributed by atoms with E-state index >= 15 is 0 Å². The van der Waals surface area contributed by atoms with Gasteiger partial charge in [-0.1, -0.05) is 199 Å². The molecule has 5 N–H and O–H groups in total. The monoisotopic (exact) mass is 1010 g/mol. The molecule has 0 aliphatic carbocycles. The quantitative estimate of drug-likeness (QED) is 0.0375. The lowest BCUT2D eigenvalue weighted by molar-refractivity contribution is -0.324. The maximum absolute atomic E-state index is 14.1. The van der Waals surface area contributed by atoms with E-state index in [4.69, 9.17) is 33.2 Å². The molecule has 410 valence electrons. The summed E-state index contributed by atoms with van der Waals surface area (Å²) >= 11 is 0. The molecule has 1 aromatic rings. The van der Waals surface area contributed by atoms with Crippen molar-refractivity contribution in [3.05, 3.63) is 35.9 Å². The highest BCUT2D eigenvalue weighted by Gasteiger charge is 2.49. The molecule has 4 bridgehead atoms. The number of aliphatic hydroxyl groups excluding tert-OH is 5. The van der Waals surface area contributed by atoms with Gasteiger partial charge in [0.1, 0.15) is 62.0 Å². The Bertz CT molecular complexity index is 1550. The van der Waals surface area contributed by atoms with Gasteiger partial charge in [0.05, 0.1) is 30.7 Å². The molecule has 3 saturated heterocycles.